The molecule has 0 atom stereocenters. The summed E-state index contributed by atoms with van der Waals surface area (Å²) in [6.07, 6.45) is 2.04. The molecule has 1 saturated heterocycles. The number of sulfonamides is 1. The van der Waals surface area contributed by atoms with E-state index in [4.69, 9.17) is 0 Å². The average Bonchev–Trinajstić information content (AvgIpc) is 2.82. The fourth-order valence-electron chi connectivity index (χ4n) is 1.79. The molecular weight excluding hydrogens is 298 g/mol. The lowest BCUT2D eigenvalue weighted by Gasteiger charge is -2.17. The summed E-state index contributed by atoms with van der Waals surface area (Å²) in [6.45, 7) is 11.7. The number of rotatable bonds is 4. The maximum atomic E-state index is 11.5. The van der Waals surface area contributed by atoms with E-state index in [1.807, 2.05) is 0 Å². The number of hydrogen-bond donors (Lipinski definition) is 0. The minimum atomic E-state index is -2.94. The van der Waals surface area contributed by atoms with E-state index >= 15 is 0 Å². The molecule has 0 aromatic heterocycles. The van der Waals surface area contributed by atoms with Crippen molar-refractivity contribution >= 4 is 19.9 Å². The Morgan fingerprint density at radius 3 is 1.25 bits per heavy atom. The van der Waals surface area contributed by atoms with Crippen molar-refractivity contribution in [3.63, 3.8) is 0 Å². The molecule has 1 aliphatic rings. The summed E-state index contributed by atoms with van der Waals surface area (Å²) in [7, 11) is -5.76. The number of hydrogen-bond acceptors (Lipinski definition) is 4. The molecular formula is C13H29NO4S2. The van der Waals surface area contributed by atoms with Gasteiger partial charge in [0.25, 0.3) is 0 Å². The standard InChI is InChI=1S/C7H15NO2S.C6H14O2S/c1-7(2)11(9,10)8-5-3-4-6-8;1-5(2)9(7,8)6(3)4/h7H,3-6H2,1-2H3;5-6H,1-4H3. The third-order valence-corrected chi connectivity index (χ3v) is 8.24. The maximum absolute atomic E-state index is 11.5. The molecule has 1 heterocycles. The van der Waals surface area contributed by atoms with Crippen LogP contribution in [0.3, 0.4) is 0 Å². The Morgan fingerprint density at radius 2 is 1.05 bits per heavy atom. The van der Waals surface area contributed by atoms with E-state index in [0.717, 1.165) is 25.9 Å². The quantitative estimate of drug-likeness (QED) is 0.792. The molecule has 0 aromatic rings. The van der Waals surface area contributed by atoms with Crippen LogP contribution in [-0.4, -0.2) is 50.0 Å². The largest absolute Gasteiger partial charge is 0.228 e. The van der Waals surface area contributed by atoms with Crippen LogP contribution < -0.4 is 0 Å². The van der Waals surface area contributed by atoms with Crippen molar-refractivity contribution in [2.24, 2.45) is 0 Å². The zero-order chi connectivity index (χ0) is 16.1. The zero-order valence-electron chi connectivity index (χ0n) is 13.5. The summed E-state index contributed by atoms with van der Waals surface area (Å²) < 4.78 is 46.6. The van der Waals surface area contributed by atoms with Crippen molar-refractivity contribution in [3.05, 3.63) is 0 Å². The smallest absolute Gasteiger partial charge is 0.216 e. The van der Waals surface area contributed by atoms with E-state index in [1.165, 1.54) is 0 Å². The molecule has 7 heteroatoms. The van der Waals surface area contributed by atoms with Gasteiger partial charge in [-0.2, -0.15) is 0 Å². The summed E-state index contributed by atoms with van der Waals surface area (Å²) in [4.78, 5) is 0. The molecule has 0 radical (unpaired) electrons. The highest BCUT2D eigenvalue weighted by molar-refractivity contribution is 7.92. The van der Waals surface area contributed by atoms with E-state index in [1.54, 1.807) is 45.8 Å². The van der Waals surface area contributed by atoms with Crippen molar-refractivity contribution in [3.8, 4) is 0 Å². The minimum absolute atomic E-state index is 0.238. The van der Waals surface area contributed by atoms with Gasteiger partial charge in [0.15, 0.2) is 9.84 Å². The van der Waals surface area contributed by atoms with E-state index < -0.39 is 19.9 Å². The SMILES string of the molecule is CC(C)S(=O)(=O)C(C)C.CC(C)S(=O)(=O)N1CCCC1. The predicted octanol–water partition coefficient (Wildman–Crippen LogP) is 2.04. The van der Waals surface area contributed by atoms with Crippen LogP contribution in [0.1, 0.15) is 54.4 Å². The highest BCUT2D eigenvalue weighted by atomic mass is 32.2. The first kappa shape index (κ1) is 19.9. The van der Waals surface area contributed by atoms with Gasteiger partial charge < -0.3 is 0 Å². The molecule has 0 aromatic carbocycles. The van der Waals surface area contributed by atoms with Crippen molar-refractivity contribution in [2.75, 3.05) is 13.1 Å². The zero-order valence-corrected chi connectivity index (χ0v) is 15.1. The molecule has 20 heavy (non-hydrogen) atoms. The molecule has 0 bridgehead atoms. The molecule has 1 aliphatic heterocycles. The van der Waals surface area contributed by atoms with Crippen LogP contribution in [0.2, 0.25) is 0 Å². The van der Waals surface area contributed by atoms with E-state index in [9.17, 15) is 16.8 Å². The first-order chi connectivity index (χ1) is 8.94. The lowest BCUT2D eigenvalue weighted by molar-refractivity contribution is 0.470. The molecule has 122 valence electrons. The first-order valence-corrected chi connectivity index (χ1v) is 10.3. The first-order valence-electron chi connectivity index (χ1n) is 7.15. The van der Waals surface area contributed by atoms with Crippen molar-refractivity contribution in [2.45, 2.75) is 70.1 Å². The Labute approximate surface area is 124 Å². The molecule has 0 amide bonds. The lowest BCUT2D eigenvalue weighted by Crippen LogP contribution is -2.33. The minimum Gasteiger partial charge on any atom is -0.228 e. The monoisotopic (exact) mass is 327 g/mol. The fraction of sp³-hybridized carbons (Fsp3) is 1.00. The molecule has 0 spiro atoms. The van der Waals surface area contributed by atoms with E-state index in [2.05, 4.69) is 0 Å². The van der Waals surface area contributed by atoms with Gasteiger partial charge in [-0.1, -0.05) is 0 Å². The third-order valence-electron chi connectivity index (χ3n) is 3.33. The van der Waals surface area contributed by atoms with Crippen LogP contribution in [0.15, 0.2) is 0 Å². The Balaban J connectivity index is 0.000000370. The molecule has 0 aliphatic carbocycles. The van der Waals surface area contributed by atoms with Crippen molar-refractivity contribution < 1.29 is 16.8 Å². The van der Waals surface area contributed by atoms with Crippen LogP contribution in [0.4, 0.5) is 0 Å². The second-order valence-corrected chi connectivity index (χ2v) is 11.4. The van der Waals surface area contributed by atoms with Gasteiger partial charge in [0, 0.05) is 13.1 Å². The van der Waals surface area contributed by atoms with Gasteiger partial charge in [-0.05, 0) is 54.4 Å². The van der Waals surface area contributed by atoms with Crippen molar-refractivity contribution in [1.29, 1.82) is 0 Å². The second-order valence-electron chi connectivity index (χ2n) is 5.89. The molecule has 1 rings (SSSR count). The third kappa shape index (κ3) is 5.33. The summed E-state index contributed by atoms with van der Waals surface area (Å²) >= 11 is 0. The van der Waals surface area contributed by atoms with Crippen LogP contribution in [0.5, 0.6) is 0 Å². The van der Waals surface area contributed by atoms with Crippen LogP contribution in [0.25, 0.3) is 0 Å². The summed E-state index contributed by atoms with van der Waals surface area (Å²) in [5, 5.41) is -0.740. The highest BCUT2D eigenvalue weighted by Gasteiger charge is 2.27. The van der Waals surface area contributed by atoms with Gasteiger partial charge in [-0.15, -0.1) is 0 Å². The summed E-state index contributed by atoms with van der Waals surface area (Å²) in [5.41, 5.74) is 0. The Bertz CT molecular complexity index is 459. The second kappa shape index (κ2) is 7.75. The van der Waals surface area contributed by atoms with Crippen LogP contribution >= 0.6 is 0 Å². The number of sulfone groups is 1. The lowest BCUT2D eigenvalue weighted by atomic mass is 10.4. The molecule has 0 saturated carbocycles. The van der Waals surface area contributed by atoms with Crippen molar-refractivity contribution in [1.82, 2.24) is 4.31 Å². The molecule has 5 nitrogen and oxygen atoms in total. The van der Waals surface area contributed by atoms with Gasteiger partial charge in [0.2, 0.25) is 10.0 Å². The summed E-state index contributed by atoms with van der Waals surface area (Å²) in [5.74, 6) is 0. The van der Waals surface area contributed by atoms with Gasteiger partial charge in [-0.3, -0.25) is 0 Å². The molecule has 0 unspecified atom stereocenters. The summed E-state index contributed by atoms with van der Waals surface area (Å²) in [6, 6.07) is 0. The van der Waals surface area contributed by atoms with E-state index in [0.29, 0.717) is 0 Å². The Morgan fingerprint density at radius 1 is 0.700 bits per heavy atom. The Kier molecular flexibility index (Phi) is 7.70. The van der Waals surface area contributed by atoms with Gasteiger partial charge in [0.1, 0.15) is 0 Å². The highest BCUT2D eigenvalue weighted by Crippen LogP contribution is 2.15. The topological polar surface area (TPSA) is 71.5 Å². The number of nitrogens with zero attached hydrogens (tertiary/aromatic N) is 1. The van der Waals surface area contributed by atoms with Crippen LogP contribution in [-0.2, 0) is 19.9 Å². The molecule has 0 N–H and O–H groups in total. The normalized spacial score (nSPS) is 17.6. The van der Waals surface area contributed by atoms with Crippen LogP contribution in [0, 0.1) is 0 Å². The maximum Gasteiger partial charge on any atom is 0.216 e. The van der Waals surface area contributed by atoms with Gasteiger partial charge in [0.05, 0.1) is 15.7 Å². The Hall–Kier alpha value is -0.140. The predicted molar refractivity (Wildman–Crippen MR) is 84.1 cm³/mol. The van der Waals surface area contributed by atoms with Gasteiger partial charge in [-0.25, -0.2) is 21.1 Å². The van der Waals surface area contributed by atoms with E-state index in [-0.39, 0.29) is 15.7 Å². The van der Waals surface area contributed by atoms with Gasteiger partial charge >= 0.3 is 0 Å². The average molecular weight is 328 g/mol. The molecule has 1 fully saturated rings. The fourth-order valence-corrected chi connectivity index (χ4v) is 4.24.